The van der Waals surface area contributed by atoms with Crippen LogP contribution in [0.15, 0.2) is 121 Å². The maximum Gasteiger partial charge on any atom is 0.409 e. The van der Waals surface area contributed by atoms with E-state index < -0.39 is 24.4 Å². The first-order valence-electron chi connectivity index (χ1n) is 34.1. The van der Waals surface area contributed by atoms with Crippen LogP contribution in [0.1, 0.15) is 91.9 Å². The highest BCUT2D eigenvalue weighted by Crippen LogP contribution is 2.39. The first-order chi connectivity index (χ1) is 48.7. The smallest absolute Gasteiger partial charge is 0.409 e. The number of aromatic nitrogens is 4. The summed E-state index contributed by atoms with van der Waals surface area (Å²) in [5, 5.41) is 0. The van der Waals surface area contributed by atoms with E-state index >= 15 is 0 Å². The summed E-state index contributed by atoms with van der Waals surface area (Å²) < 4.78 is 20.9. The van der Waals surface area contributed by atoms with Gasteiger partial charge < -0.3 is 68.1 Å². The number of hydrogen-bond donors (Lipinski definition) is 2. The standard InChI is InChI=1S/C76H78N12O12/c1-5-97-73(93)85-41-33-81(34-42-85)69(89)53-17-9-49(10-18-53)65-57-25-27-59(77-57)66(50-11-19-54(20-12-50)70(90)82-35-43-86(44-36-82)74(94)98-6-2)61-29-31-63(79-61)68(52-15-23-56(24-16-52)72(92)84-39-47-88(48-40-84)76(96)100-8-4)64-32-30-62(80-64)67(60-28-26-58(65)78-60)51-13-21-55(22-14-51)71(91)83-37-45-87(46-38-83)75(95)99-7-3/h9-32,77,80H,5-8,33-48H2,1-4H3. The predicted molar refractivity (Wildman–Crippen MR) is 379 cm³/mol. The number of rotatable bonds is 12. The van der Waals surface area contributed by atoms with Gasteiger partial charge in [0.15, 0.2) is 0 Å². The van der Waals surface area contributed by atoms with Crippen LogP contribution in [0.5, 0.6) is 0 Å². The van der Waals surface area contributed by atoms with Crippen molar-refractivity contribution in [1.29, 1.82) is 0 Å². The van der Waals surface area contributed by atoms with Crippen LogP contribution < -0.4 is 0 Å². The molecule has 514 valence electrons. The molecule has 7 aromatic rings. The summed E-state index contributed by atoms with van der Waals surface area (Å²) in [7, 11) is 0. The number of carbonyl (C=O) groups is 8. The van der Waals surface area contributed by atoms with Gasteiger partial charge in [-0.25, -0.2) is 29.1 Å². The summed E-state index contributed by atoms with van der Waals surface area (Å²) in [5.41, 5.74) is 13.0. The Kier molecular flexibility index (Phi) is 19.9. The van der Waals surface area contributed by atoms with Gasteiger partial charge in [0, 0.05) is 171 Å². The number of hydrogen-bond acceptors (Lipinski definition) is 14. The van der Waals surface area contributed by atoms with E-state index in [1.54, 1.807) is 66.9 Å². The Balaban J connectivity index is 0.946. The molecule has 8 bridgehead atoms. The third-order valence-corrected chi connectivity index (χ3v) is 18.8. The summed E-state index contributed by atoms with van der Waals surface area (Å²) in [5.74, 6) is -0.668. The number of nitrogens with one attached hydrogen (secondary N) is 2. The molecule has 0 saturated carbocycles. The summed E-state index contributed by atoms with van der Waals surface area (Å²) in [6.45, 7) is 13.7. The molecule has 0 unspecified atom stereocenters. The molecule has 6 aliphatic heterocycles. The zero-order chi connectivity index (χ0) is 69.6. The highest BCUT2D eigenvalue weighted by Gasteiger charge is 2.31. The summed E-state index contributed by atoms with van der Waals surface area (Å²) in [6, 6.07) is 37.7. The topological polar surface area (TPSA) is 257 Å². The molecule has 9 heterocycles. The SMILES string of the molecule is CCOC(=O)N1CCN(C(=O)c2ccc(-c3c4nc(c(-c5ccc(C(=O)N6CCN(C(=O)OCC)CC6)cc5)c5ccc([nH]5)c(-c5ccc(C(=O)N6CCN(C(=O)OCC)CC6)cc5)c5nc(c(-c6ccc(C(=O)N7CCN(C(=O)OCC)CC7)cc6)c6ccc3[nH]6)C=C5)C=C4)cc2)CC1. The zero-order valence-corrected chi connectivity index (χ0v) is 56.4. The van der Waals surface area contributed by atoms with E-state index in [1.165, 1.54) is 0 Å². The average molecular weight is 1350 g/mol. The van der Waals surface area contributed by atoms with Crippen molar-refractivity contribution in [3.63, 3.8) is 0 Å². The molecule has 0 aliphatic carbocycles. The average Bonchev–Trinajstić information content (AvgIpc) is 1.60. The molecule has 4 saturated heterocycles. The molecule has 24 nitrogen and oxygen atoms in total. The Morgan fingerprint density at radius 2 is 0.460 bits per heavy atom. The van der Waals surface area contributed by atoms with Crippen molar-refractivity contribution in [2.75, 3.05) is 131 Å². The van der Waals surface area contributed by atoms with Crippen LogP contribution in [-0.4, -0.2) is 238 Å². The van der Waals surface area contributed by atoms with Gasteiger partial charge in [0.1, 0.15) is 0 Å². The molecule has 24 heteroatoms. The third kappa shape index (κ3) is 14.0. The van der Waals surface area contributed by atoms with E-state index in [1.807, 2.05) is 146 Å². The van der Waals surface area contributed by atoms with Crippen molar-refractivity contribution >= 4 is 94.4 Å². The fraction of sp³-hybridized carbons (Fsp3) is 0.316. The van der Waals surface area contributed by atoms with Gasteiger partial charge in [0.25, 0.3) is 23.6 Å². The van der Waals surface area contributed by atoms with E-state index in [0.717, 1.165) is 44.5 Å². The Morgan fingerprint density at radius 3 is 0.640 bits per heavy atom. The van der Waals surface area contributed by atoms with Crippen LogP contribution >= 0.6 is 0 Å². The van der Waals surface area contributed by atoms with Gasteiger partial charge in [-0.2, -0.15) is 0 Å². The van der Waals surface area contributed by atoms with E-state index in [-0.39, 0.29) is 50.1 Å². The number of amides is 8. The molecular formula is C76H78N12O12. The number of H-pyrrole nitrogens is 2. The molecule has 4 fully saturated rings. The maximum absolute atomic E-state index is 14.2. The van der Waals surface area contributed by atoms with Gasteiger partial charge in [-0.05, 0) is 147 Å². The molecule has 0 atom stereocenters. The van der Waals surface area contributed by atoms with Crippen LogP contribution in [-0.2, 0) is 18.9 Å². The number of benzene rings is 4. The highest BCUT2D eigenvalue weighted by atomic mass is 16.6. The molecule has 2 N–H and O–H groups in total. The molecule has 13 rings (SSSR count). The zero-order valence-electron chi connectivity index (χ0n) is 56.4. The fourth-order valence-corrected chi connectivity index (χ4v) is 13.5. The normalized spacial score (nSPS) is 15.4. The summed E-state index contributed by atoms with van der Waals surface area (Å²) >= 11 is 0. The Labute approximate surface area is 578 Å². The number of fused-ring (bicyclic) bond motifs is 8. The van der Waals surface area contributed by atoms with Crippen molar-refractivity contribution in [1.82, 2.24) is 59.1 Å². The molecule has 4 aromatic carbocycles. The molecule has 6 aliphatic rings. The third-order valence-electron chi connectivity index (χ3n) is 18.8. The molecule has 8 amide bonds. The van der Waals surface area contributed by atoms with E-state index in [9.17, 15) is 38.4 Å². The van der Waals surface area contributed by atoms with Crippen LogP contribution in [0.2, 0.25) is 0 Å². The second-order valence-corrected chi connectivity index (χ2v) is 24.7. The van der Waals surface area contributed by atoms with Crippen molar-refractivity contribution in [3.05, 3.63) is 166 Å². The van der Waals surface area contributed by atoms with Crippen molar-refractivity contribution < 1.29 is 57.3 Å². The first kappa shape index (κ1) is 67.0. The van der Waals surface area contributed by atoms with Crippen molar-refractivity contribution in [3.8, 4) is 44.5 Å². The number of aromatic amines is 2. The van der Waals surface area contributed by atoms with Gasteiger partial charge in [-0.1, -0.05) is 48.5 Å². The largest absolute Gasteiger partial charge is 0.450 e. The Hall–Kier alpha value is -11.6. The molecule has 0 spiro atoms. The van der Waals surface area contributed by atoms with Gasteiger partial charge in [-0.15, -0.1) is 0 Å². The van der Waals surface area contributed by atoms with Gasteiger partial charge in [0.2, 0.25) is 0 Å². The van der Waals surface area contributed by atoms with Crippen molar-refractivity contribution in [2.24, 2.45) is 0 Å². The number of ether oxygens (including phenoxy) is 4. The minimum absolute atomic E-state index is 0.167. The van der Waals surface area contributed by atoms with Gasteiger partial charge in [0.05, 0.1) is 49.2 Å². The lowest BCUT2D eigenvalue weighted by Crippen LogP contribution is -2.50. The fourth-order valence-electron chi connectivity index (χ4n) is 13.5. The lowest BCUT2D eigenvalue weighted by Gasteiger charge is -2.34. The lowest BCUT2D eigenvalue weighted by atomic mass is 10.0. The molecule has 100 heavy (non-hydrogen) atoms. The molecular weight excluding hydrogens is 1270 g/mol. The highest BCUT2D eigenvalue weighted by molar-refractivity contribution is 6.03. The minimum atomic E-state index is -0.400. The van der Waals surface area contributed by atoms with E-state index in [2.05, 4.69) is 9.97 Å². The number of nitrogens with zero attached hydrogens (tertiary/aromatic N) is 10. The first-order valence-corrected chi connectivity index (χ1v) is 34.1. The number of piperazine rings is 4. The molecule has 3 aromatic heterocycles. The van der Waals surface area contributed by atoms with E-state index in [0.29, 0.717) is 172 Å². The van der Waals surface area contributed by atoms with Crippen LogP contribution in [0.3, 0.4) is 0 Å². The van der Waals surface area contributed by atoms with Crippen molar-refractivity contribution in [2.45, 2.75) is 27.7 Å². The Bertz CT molecular complexity index is 3970. The summed E-state index contributed by atoms with van der Waals surface area (Å²) in [4.78, 5) is 139. The van der Waals surface area contributed by atoms with Crippen LogP contribution in [0.4, 0.5) is 19.2 Å². The maximum atomic E-state index is 14.2. The van der Waals surface area contributed by atoms with Crippen LogP contribution in [0, 0.1) is 0 Å². The summed E-state index contributed by atoms with van der Waals surface area (Å²) in [6.07, 6.45) is 6.26. The van der Waals surface area contributed by atoms with Gasteiger partial charge in [-0.3, -0.25) is 19.2 Å². The minimum Gasteiger partial charge on any atom is -0.450 e. The van der Waals surface area contributed by atoms with Crippen LogP contribution in [0.25, 0.3) is 90.9 Å². The second-order valence-electron chi connectivity index (χ2n) is 24.7. The Morgan fingerprint density at radius 1 is 0.280 bits per heavy atom. The van der Waals surface area contributed by atoms with Gasteiger partial charge >= 0.3 is 24.4 Å². The number of carbonyl (C=O) groups excluding carboxylic acids is 8. The quantitative estimate of drug-likeness (QED) is 0.108. The van der Waals surface area contributed by atoms with E-state index in [4.69, 9.17) is 28.9 Å². The predicted octanol–water partition coefficient (Wildman–Crippen LogP) is 11.0. The lowest BCUT2D eigenvalue weighted by molar-refractivity contribution is 0.0569. The molecule has 0 radical (unpaired) electrons. The second kappa shape index (κ2) is 29.7. The monoisotopic (exact) mass is 1350 g/mol.